The zero-order chi connectivity index (χ0) is 19.6. The summed E-state index contributed by atoms with van der Waals surface area (Å²) in [6.45, 7) is 0.250. The van der Waals surface area contributed by atoms with E-state index < -0.39 is 67.2 Å². The van der Waals surface area contributed by atoms with Crippen LogP contribution in [0, 0.1) is 0 Å². The fourth-order valence-corrected chi connectivity index (χ4v) is 1.89. The third-order valence-electron chi connectivity index (χ3n) is 2.90. The minimum Gasteiger partial charge on any atom is -0.478 e. The normalized spacial score (nSPS) is 13.6. The summed E-state index contributed by atoms with van der Waals surface area (Å²) in [6.07, 6.45) is -1.56. The van der Waals surface area contributed by atoms with Gasteiger partial charge < -0.3 is 30.3 Å². The zero-order valence-electron chi connectivity index (χ0n) is 13.5. The predicted molar refractivity (Wildman–Crippen MR) is 81.6 cm³/mol. The smallest absolute Gasteiger partial charge is 0.334 e. The lowest BCUT2D eigenvalue weighted by Gasteiger charge is -2.11. The molecule has 140 valence electrons. The standard InChI is InChI=1S/C15H20O10/c1-8(17)6-9(7-12(18)19)15(24)25-5-3-11(14(22)23)10(2-4-16)13(20)21/h7-8,16-17H,2-6H2,1H3,(H,18,19)(H,20,21)(H,22,23). The van der Waals surface area contributed by atoms with Crippen molar-refractivity contribution >= 4 is 23.9 Å². The van der Waals surface area contributed by atoms with Crippen molar-refractivity contribution in [2.45, 2.75) is 32.3 Å². The van der Waals surface area contributed by atoms with Crippen LogP contribution in [-0.2, 0) is 23.9 Å². The molecule has 0 amide bonds. The van der Waals surface area contributed by atoms with E-state index in [1.807, 2.05) is 0 Å². The molecule has 10 heteroatoms. The van der Waals surface area contributed by atoms with Crippen molar-refractivity contribution in [1.29, 1.82) is 0 Å². The first-order valence-electron chi connectivity index (χ1n) is 7.18. The number of hydrogen-bond acceptors (Lipinski definition) is 7. The van der Waals surface area contributed by atoms with Crippen molar-refractivity contribution in [3.05, 3.63) is 22.8 Å². The molecule has 0 aliphatic rings. The summed E-state index contributed by atoms with van der Waals surface area (Å²) in [5, 5.41) is 44.8. The van der Waals surface area contributed by atoms with E-state index in [0.717, 1.165) is 0 Å². The third kappa shape index (κ3) is 8.63. The van der Waals surface area contributed by atoms with Gasteiger partial charge in [-0.25, -0.2) is 19.2 Å². The van der Waals surface area contributed by atoms with Gasteiger partial charge >= 0.3 is 23.9 Å². The lowest BCUT2D eigenvalue weighted by Crippen LogP contribution is -2.18. The molecule has 0 aromatic rings. The van der Waals surface area contributed by atoms with E-state index in [0.29, 0.717) is 6.08 Å². The molecule has 0 bridgehead atoms. The number of carboxylic acid groups (broad SMARTS) is 3. The molecule has 0 rings (SSSR count). The highest BCUT2D eigenvalue weighted by Gasteiger charge is 2.21. The van der Waals surface area contributed by atoms with E-state index in [1.54, 1.807) is 0 Å². The van der Waals surface area contributed by atoms with Gasteiger partial charge in [-0.15, -0.1) is 0 Å². The Morgan fingerprint density at radius 3 is 1.92 bits per heavy atom. The Kier molecular flexibility index (Phi) is 9.75. The summed E-state index contributed by atoms with van der Waals surface area (Å²) < 4.78 is 4.76. The van der Waals surface area contributed by atoms with Crippen LogP contribution in [0.15, 0.2) is 22.8 Å². The van der Waals surface area contributed by atoms with Gasteiger partial charge in [0.15, 0.2) is 0 Å². The summed E-state index contributed by atoms with van der Waals surface area (Å²) in [5.74, 6) is -5.53. The van der Waals surface area contributed by atoms with E-state index in [9.17, 15) is 24.3 Å². The number of aliphatic hydroxyl groups is 2. The molecule has 0 aliphatic heterocycles. The molecule has 0 heterocycles. The Morgan fingerprint density at radius 2 is 1.52 bits per heavy atom. The Labute approximate surface area is 142 Å². The molecule has 0 saturated heterocycles. The van der Waals surface area contributed by atoms with Gasteiger partial charge in [-0.2, -0.15) is 0 Å². The predicted octanol–water partition coefficient (Wildman–Crippen LogP) is -0.450. The molecule has 5 N–H and O–H groups in total. The molecular weight excluding hydrogens is 340 g/mol. The Bertz CT molecular complexity index is 585. The molecule has 1 atom stereocenters. The molecule has 0 spiro atoms. The summed E-state index contributed by atoms with van der Waals surface area (Å²) in [5.41, 5.74) is -1.37. The molecule has 0 aromatic heterocycles. The number of aliphatic hydroxyl groups excluding tert-OH is 2. The Morgan fingerprint density at radius 1 is 1.00 bits per heavy atom. The minimum absolute atomic E-state index is 0.280. The van der Waals surface area contributed by atoms with Gasteiger partial charge in [0.05, 0.1) is 18.3 Å². The fraction of sp³-hybridized carbons (Fsp3) is 0.467. The van der Waals surface area contributed by atoms with Crippen molar-refractivity contribution in [3.8, 4) is 0 Å². The summed E-state index contributed by atoms with van der Waals surface area (Å²) in [6, 6.07) is 0. The van der Waals surface area contributed by atoms with Crippen LogP contribution in [0.25, 0.3) is 0 Å². The molecule has 0 saturated carbocycles. The van der Waals surface area contributed by atoms with E-state index in [4.69, 9.17) is 25.2 Å². The molecule has 0 radical (unpaired) electrons. The van der Waals surface area contributed by atoms with Gasteiger partial charge in [-0.3, -0.25) is 0 Å². The van der Waals surface area contributed by atoms with Gasteiger partial charge in [-0.1, -0.05) is 0 Å². The van der Waals surface area contributed by atoms with Gasteiger partial charge in [0.25, 0.3) is 0 Å². The van der Waals surface area contributed by atoms with Crippen LogP contribution in [0.5, 0.6) is 0 Å². The molecule has 0 fully saturated rings. The highest BCUT2D eigenvalue weighted by atomic mass is 16.5. The van der Waals surface area contributed by atoms with Crippen molar-refractivity contribution in [3.63, 3.8) is 0 Å². The summed E-state index contributed by atoms with van der Waals surface area (Å²) >= 11 is 0. The number of carbonyl (C=O) groups excluding carboxylic acids is 1. The van der Waals surface area contributed by atoms with Gasteiger partial charge in [0.2, 0.25) is 0 Å². The highest BCUT2D eigenvalue weighted by Crippen LogP contribution is 2.15. The molecule has 1 unspecified atom stereocenters. The molecule has 0 aliphatic carbocycles. The third-order valence-corrected chi connectivity index (χ3v) is 2.90. The average molecular weight is 360 g/mol. The molecule has 10 nitrogen and oxygen atoms in total. The number of aliphatic carboxylic acids is 3. The van der Waals surface area contributed by atoms with Crippen LogP contribution in [-0.4, -0.2) is 68.7 Å². The maximum atomic E-state index is 11.8. The lowest BCUT2D eigenvalue weighted by atomic mass is 10.0. The second-order valence-electron chi connectivity index (χ2n) is 4.99. The molecular formula is C15H20O10. The topological polar surface area (TPSA) is 179 Å². The van der Waals surface area contributed by atoms with Crippen LogP contribution in [0.1, 0.15) is 26.2 Å². The zero-order valence-corrected chi connectivity index (χ0v) is 13.5. The number of rotatable bonds is 11. The average Bonchev–Trinajstić information content (AvgIpc) is 2.47. The van der Waals surface area contributed by atoms with E-state index in [1.165, 1.54) is 6.92 Å². The largest absolute Gasteiger partial charge is 0.478 e. The first-order valence-corrected chi connectivity index (χ1v) is 7.18. The van der Waals surface area contributed by atoms with Crippen LogP contribution in [0.3, 0.4) is 0 Å². The lowest BCUT2D eigenvalue weighted by molar-refractivity contribution is -0.141. The van der Waals surface area contributed by atoms with Crippen LogP contribution >= 0.6 is 0 Å². The van der Waals surface area contributed by atoms with Gasteiger partial charge in [0.1, 0.15) is 0 Å². The quantitative estimate of drug-likeness (QED) is 0.239. The monoisotopic (exact) mass is 360 g/mol. The van der Waals surface area contributed by atoms with E-state index in [2.05, 4.69) is 0 Å². The Hall–Kier alpha value is -2.72. The first kappa shape index (κ1) is 22.3. The maximum Gasteiger partial charge on any atom is 0.334 e. The van der Waals surface area contributed by atoms with E-state index in [-0.39, 0.29) is 12.0 Å². The van der Waals surface area contributed by atoms with E-state index >= 15 is 0 Å². The highest BCUT2D eigenvalue weighted by molar-refractivity contribution is 5.99. The van der Waals surface area contributed by atoms with Crippen LogP contribution < -0.4 is 0 Å². The van der Waals surface area contributed by atoms with Crippen LogP contribution in [0.2, 0.25) is 0 Å². The second kappa shape index (κ2) is 10.9. The second-order valence-corrected chi connectivity index (χ2v) is 4.99. The number of ether oxygens (including phenoxy) is 1. The SMILES string of the molecule is CC(O)CC(=CC(=O)O)C(=O)OCCC(C(=O)O)=C(CCO)C(=O)O. The van der Waals surface area contributed by atoms with Crippen LogP contribution in [0.4, 0.5) is 0 Å². The number of hydrogen-bond donors (Lipinski definition) is 5. The summed E-state index contributed by atoms with van der Waals surface area (Å²) in [7, 11) is 0. The van der Waals surface area contributed by atoms with Gasteiger partial charge in [0, 0.05) is 43.1 Å². The first-order chi connectivity index (χ1) is 11.6. The number of carbonyl (C=O) groups is 4. The summed E-state index contributed by atoms with van der Waals surface area (Å²) in [4.78, 5) is 44.7. The Balaban J connectivity index is 5.12. The maximum absolute atomic E-state index is 11.8. The van der Waals surface area contributed by atoms with Crippen molar-refractivity contribution in [2.24, 2.45) is 0 Å². The van der Waals surface area contributed by atoms with Gasteiger partial charge in [-0.05, 0) is 6.92 Å². The molecule has 25 heavy (non-hydrogen) atoms. The minimum atomic E-state index is -1.54. The fourth-order valence-electron chi connectivity index (χ4n) is 1.89. The molecule has 0 aromatic carbocycles. The van der Waals surface area contributed by atoms with Crippen molar-refractivity contribution in [2.75, 3.05) is 13.2 Å². The number of esters is 1. The van der Waals surface area contributed by atoms with Crippen molar-refractivity contribution < 1.29 is 49.4 Å². The van der Waals surface area contributed by atoms with Crippen molar-refractivity contribution in [1.82, 2.24) is 0 Å². The number of carboxylic acids is 3.